The van der Waals surface area contributed by atoms with E-state index in [0.29, 0.717) is 5.92 Å². The van der Waals surface area contributed by atoms with Crippen molar-refractivity contribution in [1.29, 1.82) is 0 Å². The van der Waals surface area contributed by atoms with Crippen molar-refractivity contribution >= 4 is 33.3 Å². The number of nitrogens with zero attached hydrogens (tertiary/aromatic N) is 6. The summed E-state index contributed by atoms with van der Waals surface area (Å²) in [4.78, 5) is 14.1. The van der Waals surface area contributed by atoms with E-state index in [4.69, 9.17) is 9.40 Å². The molecule has 5 aromatic carbocycles. The Hall–Kier alpha value is -5.56. The van der Waals surface area contributed by atoms with Crippen LogP contribution in [0.4, 0.5) is 11.4 Å². The molecule has 0 aliphatic carbocycles. The molecule has 8 heteroatoms. The number of aromatic nitrogens is 2. The maximum atomic E-state index is 6.64. The number of furan rings is 1. The predicted octanol–water partition coefficient (Wildman–Crippen LogP) is 12.9. The molecule has 0 N–H and O–H groups in total. The van der Waals surface area contributed by atoms with Gasteiger partial charge in [-0.3, -0.25) is 4.98 Å². The SMILES string of the molecule is CC(C)c1cc2c(oc3ccccc32)c(C(C)C)c1-n1cc(CCCCCc2c[c-]c(N3C=CN(CCCCN4C=CN(c5[c-]cccc5)[CH-]4)[CH-]3)cc2)nc1-c1[c-]cccc1.[Ir]. The van der Waals surface area contributed by atoms with Gasteiger partial charge in [-0.15, -0.1) is 53.3 Å². The van der Waals surface area contributed by atoms with E-state index < -0.39 is 0 Å². The summed E-state index contributed by atoms with van der Waals surface area (Å²) in [6.45, 7) is 15.4. The minimum Gasteiger partial charge on any atom is -0.508 e. The van der Waals surface area contributed by atoms with Gasteiger partial charge in [-0.25, -0.2) is 0 Å². The molecule has 0 saturated heterocycles. The van der Waals surface area contributed by atoms with Crippen LogP contribution in [0.2, 0.25) is 0 Å². The molecule has 0 bridgehead atoms. The van der Waals surface area contributed by atoms with Crippen molar-refractivity contribution in [3.63, 3.8) is 0 Å². The second-order valence-electron chi connectivity index (χ2n) is 16.9. The predicted molar refractivity (Wildman–Crippen MR) is 250 cm³/mol. The smallest absolute Gasteiger partial charge is 0.140 e. The van der Waals surface area contributed by atoms with Crippen LogP contribution >= 0.6 is 0 Å². The molecule has 0 saturated carbocycles. The van der Waals surface area contributed by atoms with E-state index in [2.05, 4.69) is 181 Å². The monoisotopic (exact) mass is 996 g/mol. The Bertz CT molecular complexity index is 2610. The van der Waals surface area contributed by atoms with Gasteiger partial charge < -0.3 is 28.6 Å². The van der Waals surface area contributed by atoms with Gasteiger partial charge in [0.1, 0.15) is 11.2 Å². The number of aryl methyl sites for hydroxylation is 2. The molecule has 2 aliphatic heterocycles. The molecule has 2 aromatic heterocycles. The average Bonchev–Trinajstić information content (AvgIpc) is 4.11. The quantitative estimate of drug-likeness (QED) is 0.0669. The zero-order valence-corrected chi connectivity index (χ0v) is 38.6. The second kappa shape index (κ2) is 19.7. The largest absolute Gasteiger partial charge is 0.508 e. The number of anilines is 2. The van der Waals surface area contributed by atoms with E-state index in [1.54, 1.807) is 0 Å². The van der Waals surface area contributed by atoms with Gasteiger partial charge in [0.25, 0.3) is 0 Å². The van der Waals surface area contributed by atoms with Crippen LogP contribution in [0.1, 0.15) is 94.0 Å². The summed E-state index contributed by atoms with van der Waals surface area (Å²) in [5, 5.41) is 2.36. The summed E-state index contributed by atoms with van der Waals surface area (Å²) >= 11 is 0. The van der Waals surface area contributed by atoms with Gasteiger partial charge in [-0.2, -0.15) is 67.4 Å². The Labute approximate surface area is 381 Å². The number of benzene rings is 5. The average molecular weight is 996 g/mol. The third-order valence-electron chi connectivity index (χ3n) is 11.8. The van der Waals surface area contributed by atoms with Gasteiger partial charge in [-0.05, 0) is 93.1 Å². The van der Waals surface area contributed by atoms with Gasteiger partial charge in [0.15, 0.2) is 0 Å². The summed E-state index contributed by atoms with van der Waals surface area (Å²) in [6, 6.07) is 44.0. The zero-order valence-electron chi connectivity index (χ0n) is 36.2. The van der Waals surface area contributed by atoms with Crippen LogP contribution in [0.5, 0.6) is 0 Å². The maximum absolute atomic E-state index is 6.64. The molecule has 4 heterocycles. The minimum atomic E-state index is 0. The molecule has 2 aliphatic rings. The van der Waals surface area contributed by atoms with Crippen LogP contribution in [0.15, 0.2) is 132 Å². The van der Waals surface area contributed by atoms with Crippen molar-refractivity contribution in [2.45, 2.75) is 84.5 Å². The van der Waals surface area contributed by atoms with Crippen LogP contribution in [-0.2, 0) is 32.9 Å². The molecule has 62 heavy (non-hydrogen) atoms. The van der Waals surface area contributed by atoms with Crippen LogP contribution in [0.3, 0.4) is 0 Å². The van der Waals surface area contributed by atoms with Crippen molar-refractivity contribution < 1.29 is 24.5 Å². The number of unbranched alkanes of at least 4 members (excludes halogenated alkanes) is 3. The molecule has 7 nitrogen and oxygen atoms in total. The molecule has 0 amide bonds. The van der Waals surface area contributed by atoms with Crippen LogP contribution in [0, 0.1) is 31.5 Å². The van der Waals surface area contributed by atoms with Gasteiger partial charge in [-0.1, -0.05) is 65.2 Å². The number of para-hydroxylation sites is 2. The molecule has 0 unspecified atom stereocenters. The van der Waals surface area contributed by atoms with E-state index in [0.717, 1.165) is 97.7 Å². The van der Waals surface area contributed by atoms with Crippen molar-refractivity contribution in [3.05, 3.63) is 182 Å². The van der Waals surface area contributed by atoms with Crippen LogP contribution in [0.25, 0.3) is 39.0 Å². The third kappa shape index (κ3) is 9.42. The van der Waals surface area contributed by atoms with E-state index in [1.807, 2.05) is 30.3 Å². The molecule has 7 aromatic rings. The van der Waals surface area contributed by atoms with Gasteiger partial charge in [0.2, 0.25) is 0 Å². The fourth-order valence-corrected chi connectivity index (χ4v) is 8.63. The fourth-order valence-electron chi connectivity index (χ4n) is 8.63. The molecule has 321 valence electrons. The number of rotatable bonds is 17. The third-order valence-corrected chi connectivity index (χ3v) is 11.8. The van der Waals surface area contributed by atoms with E-state index in [-0.39, 0.29) is 26.0 Å². The Morgan fingerprint density at radius 2 is 1.35 bits per heavy atom. The Morgan fingerprint density at radius 1 is 0.661 bits per heavy atom. The maximum Gasteiger partial charge on any atom is 0.140 e. The summed E-state index contributed by atoms with van der Waals surface area (Å²) in [5.74, 6) is 1.48. The fraction of sp³-hybridized carbons (Fsp3) is 0.278. The number of hydrogen-bond donors (Lipinski definition) is 0. The summed E-state index contributed by atoms with van der Waals surface area (Å²) in [6.07, 6.45) is 18.3. The zero-order chi connectivity index (χ0) is 41.7. The summed E-state index contributed by atoms with van der Waals surface area (Å²) < 4.78 is 8.98. The first-order chi connectivity index (χ1) is 29.9. The number of hydrogen-bond acceptors (Lipinski definition) is 6. The first kappa shape index (κ1) is 43.1. The molecule has 0 atom stereocenters. The first-order valence-corrected chi connectivity index (χ1v) is 22.1. The first-order valence-electron chi connectivity index (χ1n) is 22.1. The topological polar surface area (TPSA) is 43.9 Å². The van der Waals surface area contributed by atoms with Gasteiger partial charge >= 0.3 is 0 Å². The Kier molecular flexibility index (Phi) is 13.7. The van der Waals surface area contributed by atoms with Crippen molar-refractivity contribution in [3.8, 4) is 17.1 Å². The molecule has 1 radical (unpaired) electrons. The molecular weight excluding hydrogens is 941 g/mol. The number of fused-ring (bicyclic) bond motifs is 3. The van der Waals surface area contributed by atoms with Gasteiger partial charge in [0, 0.05) is 54.0 Å². The molecule has 9 rings (SSSR count). The van der Waals surface area contributed by atoms with Gasteiger partial charge in [0.05, 0.1) is 5.82 Å². The summed E-state index contributed by atoms with van der Waals surface area (Å²) in [5.41, 5.74) is 11.2. The second-order valence-corrected chi connectivity index (χ2v) is 16.9. The van der Waals surface area contributed by atoms with E-state index in [1.165, 1.54) is 33.2 Å². The normalized spacial score (nSPS) is 13.8. The van der Waals surface area contributed by atoms with E-state index >= 15 is 0 Å². The standard InChI is InChI=1S/C54H55N6O.Ir/c1-40(2)48-36-49-47-24-14-15-25-50(47)61-53(49)51(41(3)4)52(48)60-37-44(55-54(60)43-19-9-6-10-20-43)21-11-5-8-18-42-26-28-46(29-27-42)59-35-33-57(39-59)31-17-16-30-56-32-34-58(38-56)45-22-12-7-13-23-45;/h6-7,9-10,12-15,19,22,24-28,32-41H,5,8,11,16-18,21,30-31H2,1-4H3;/q-5;. The van der Waals surface area contributed by atoms with E-state index in [9.17, 15) is 0 Å². The summed E-state index contributed by atoms with van der Waals surface area (Å²) in [7, 11) is 0. The van der Waals surface area contributed by atoms with Crippen LogP contribution in [-0.4, -0.2) is 32.4 Å². The Morgan fingerprint density at radius 3 is 2.02 bits per heavy atom. The molecular formula is C54H55IrN6O-5. The molecule has 0 fully saturated rings. The van der Waals surface area contributed by atoms with Crippen LogP contribution < -0.4 is 9.80 Å². The Balaban J connectivity index is 0.00000529. The van der Waals surface area contributed by atoms with Crippen molar-refractivity contribution in [2.24, 2.45) is 0 Å². The van der Waals surface area contributed by atoms with Crippen molar-refractivity contribution in [1.82, 2.24) is 19.4 Å². The van der Waals surface area contributed by atoms with Crippen molar-refractivity contribution in [2.75, 3.05) is 22.9 Å². The molecule has 0 spiro atoms. The minimum absolute atomic E-state index is 0. The number of imidazole rings is 1.